The summed E-state index contributed by atoms with van der Waals surface area (Å²) in [5, 5.41) is 66.1. The number of fused-ring (bicyclic) bond motifs is 10. The molecule has 0 aromatic heterocycles. The van der Waals surface area contributed by atoms with Crippen molar-refractivity contribution in [3.8, 4) is 0 Å². The largest absolute Gasteiger partial charge is 0.393 e. The van der Waals surface area contributed by atoms with Crippen LogP contribution >= 0.6 is 0 Å². The second-order valence-corrected chi connectivity index (χ2v) is 25.7. The third-order valence-electron chi connectivity index (χ3n) is 22.2. The van der Waals surface area contributed by atoms with E-state index in [1.54, 1.807) is 0 Å². The summed E-state index contributed by atoms with van der Waals surface area (Å²) in [4.78, 5) is 0. The van der Waals surface area contributed by atoms with Crippen molar-refractivity contribution in [2.75, 3.05) is 0 Å². The van der Waals surface area contributed by atoms with Gasteiger partial charge in [-0.05, 0) is 236 Å². The molecule has 0 bridgehead atoms. The van der Waals surface area contributed by atoms with E-state index in [9.17, 15) is 30.6 Å². The van der Waals surface area contributed by atoms with E-state index in [2.05, 4.69) is 68.9 Å². The molecule has 8 aliphatic carbocycles. The summed E-state index contributed by atoms with van der Waals surface area (Å²) >= 11 is 0. The standard InChI is InChI=1S/C28H50O3.C27H46O3/c1-6-18(2)8-7-13-28(5,31)25-10-9-21-20-17-24(30)23-16-19(29)11-14-26(23,3)22(20)12-15-27(21,25)4;1-17(2)7-6-12-27(5,30)24-9-8-20-19-16-23(29)22-15-18(28)10-13-25(22,3)21(19)11-14-26(20,24)4/h18-25,29-31H,6-17H2,1-5H3;18-24,28-30H,1,6-16H2,2-5H3/t18?,19-,20-,21-,22-,23+,24-,25-,26+,27-,28-;18-,19-,20-,21-,22+,23-,24-,25+,26-,27-/m00/s1. The molecule has 8 rings (SSSR count). The lowest BCUT2D eigenvalue weighted by Gasteiger charge is -2.62. The van der Waals surface area contributed by atoms with Crippen molar-refractivity contribution in [3.63, 3.8) is 0 Å². The highest BCUT2D eigenvalue weighted by Gasteiger charge is 2.65. The molecule has 0 aromatic rings. The maximum Gasteiger partial charge on any atom is 0.0653 e. The van der Waals surface area contributed by atoms with E-state index in [-0.39, 0.29) is 57.9 Å². The zero-order chi connectivity index (χ0) is 44.5. The predicted octanol–water partition coefficient (Wildman–Crippen LogP) is 11.4. The Morgan fingerprint density at radius 1 is 0.574 bits per heavy atom. The van der Waals surface area contributed by atoms with Gasteiger partial charge in [-0.15, -0.1) is 6.58 Å². The van der Waals surface area contributed by atoms with Gasteiger partial charge < -0.3 is 30.6 Å². The Balaban J connectivity index is 0.000000184. The lowest BCUT2D eigenvalue weighted by atomic mass is 9.43. The van der Waals surface area contributed by atoms with Crippen molar-refractivity contribution in [1.29, 1.82) is 0 Å². The van der Waals surface area contributed by atoms with Crippen LogP contribution < -0.4 is 0 Å². The van der Waals surface area contributed by atoms with Crippen LogP contribution in [0.15, 0.2) is 12.2 Å². The molecule has 6 nitrogen and oxygen atoms in total. The SMILES string of the molecule is C=C(C)CCC[C@](C)(O)[C@H]1CC[C@H]2[C@@H]3C[C@H](O)[C@H]4C[C@@H](O)CC[C@]4(C)[C@H]3CC[C@@]21C.CCC(C)CCC[C@](C)(O)[C@H]1CC[C@H]2[C@@H]3C[C@H](O)[C@H]4C[C@@H](O)CC[C@]4(C)[C@H]3CC[C@@]21C. The topological polar surface area (TPSA) is 121 Å². The van der Waals surface area contributed by atoms with Crippen LogP contribution in [0.1, 0.15) is 210 Å². The molecule has 0 aromatic carbocycles. The summed E-state index contributed by atoms with van der Waals surface area (Å²) in [5.74, 6) is 5.80. The Bertz CT molecular complexity index is 1510. The Kier molecular flexibility index (Phi) is 14.3. The van der Waals surface area contributed by atoms with Crippen LogP contribution in [0.5, 0.6) is 0 Å². The number of aliphatic hydroxyl groups is 6. The minimum absolute atomic E-state index is 0.172. The second kappa shape index (κ2) is 18.0. The lowest BCUT2D eigenvalue weighted by molar-refractivity contribution is -0.179. The average Bonchev–Trinajstić information content (AvgIpc) is 3.74. The molecule has 0 spiro atoms. The van der Waals surface area contributed by atoms with Crippen molar-refractivity contribution >= 4 is 0 Å². The number of aliphatic hydroxyl groups excluding tert-OH is 4. The van der Waals surface area contributed by atoms with Gasteiger partial charge in [-0.3, -0.25) is 0 Å². The monoisotopic (exact) mass is 853 g/mol. The molecule has 6 N–H and O–H groups in total. The molecule has 1 unspecified atom stereocenters. The minimum Gasteiger partial charge on any atom is -0.393 e. The van der Waals surface area contributed by atoms with Gasteiger partial charge in [-0.2, -0.15) is 0 Å². The van der Waals surface area contributed by atoms with E-state index < -0.39 is 11.2 Å². The fourth-order valence-electron chi connectivity index (χ4n) is 18.7. The van der Waals surface area contributed by atoms with E-state index in [0.29, 0.717) is 47.3 Å². The molecular weight excluding hydrogens is 757 g/mol. The van der Waals surface area contributed by atoms with Gasteiger partial charge in [-0.1, -0.05) is 66.4 Å². The van der Waals surface area contributed by atoms with Crippen LogP contribution in [0, 0.1) is 86.8 Å². The first kappa shape index (κ1) is 48.4. The minimum atomic E-state index is -0.611. The molecule has 21 atom stereocenters. The Morgan fingerprint density at radius 2 is 0.967 bits per heavy atom. The summed E-state index contributed by atoms with van der Waals surface area (Å²) < 4.78 is 0. The Labute approximate surface area is 373 Å². The fraction of sp³-hybridized carbons (Fsp3) is 0.964. The van der Waals surface area contributed by atoms with Crippen molar-refractivity contribution in [1.82, 2.24) is 0 Å². The van der Waals surface area contributed by atoms with Crippen molar-refractivity contribution in [2.45, 2.75) is 246 Å². The van der Waals surface area contributed by atoms with Crippen molar-refractivity contribution in [3.05, 3.63) is 12.2 Å². The quantitative estimate of drug-likeness (QED) is 0.115. The molecule has 0 amide bonds. The lowest BCUT2D eigenvalue weighted by Crippen LogP contribution is -2.59. The first-order chi connectivity index (χ1) is 28.5. The first-order valence-electron chi connectivity index (χ1n) is 26.3. The average molecular weight is 853 g/mol. The molecule has 6 heteroatoms. The van der Waals surface area contributed by atoms with Gasteiger partial charge in [0, 0.05) is 0 Å². The number of hydrogen-bond acceptors (Lipinski definition) is 6. The van der Waals surface area contributed by atoms with E-state index in [4.69, 9.17) is 0 Å². The van der Waals surface area contributed by atoms with E-state index in [0.717, 1.165) is 102 Å². The summed E-state index contributed by atoms with van der Waals surface area (Å²) in [5.41, 5.74) is 0.769. The van der Waals surface area contributed by atoms with Gasteiger partial charge >= 0.3 is 0 Å². The zero-order valence-corrected chi connectivity index (χ0v) is 40.8. The molecule has 8 fully saturated rings. The fourth-order valence-corrected chi connectivity index (χ4v) is 18.7. The van der Waals surface area contributed by atoms with E-state index in [1.807, 2.05) is 0 Å². The van der Waals surface area contributed by atoms with Crippen LogP contribution in [0.3, 0.4) is 0 Å². The normalized spacial score (nSPS) is 50.1. The van der Waals surface area contributed by atoms with Crippen LogP contribution in [-0.4, -0.2) is 66.3 Å². The number of rotatable bonds is 11. The third-order valence-corrected chi connectivity index (χ3v) is 22.2. The molecule has 8 saturated carbocycles. The highest BCUT2D eigenvalue weighted by atomic mass is 16.3. The summed E-state index contributed by atoms with van der Waals surface area (Å²) in [6.07, 6.45) is 23.3. The molecule has 0 aliphatic heterocycles. The smallest absolute Gasteiger partial charge is 0.0653 e. The van der Waals surface area contributed by atoms with E-state index in [1.165, 1.54) is 56.9 Å². The zero-order valence-electron chi connectivity index (χ0n) is 40.8. The van der Waals surface area contributed by atoms with Crippen molar-refractivity contribution in [2.24, 2.45) is 86.8 Å². The van der Waals surface area contributed by atoms with Gasteiger partial charge in [0.15, 0.2) is 0 Å². The van der Waals surface area contributed by atoms with Crippen molar-refractivity contribution < 1.29 is 30.6 Å². The van der Waals surface area contributed by atoms with Crippen LogP contribution in [-0.2, 0) is 0 Å². The van der Waals surface area contributed by atoms with E-state index >= 15 is 0 Å². The van der Waals surface area contributed by atoms with Crippen LogP contribution in [0.25, 0.3) is 0 Å². The van der Waals surface area contributed by atoms with Crippen LogP contribution in [0.4, 0.5) is 0 Å². The number of hydrogen-bond donors (Lipinski definition) is 6. The maximum absolute atomic E-state index is 11.6. The molecule has 352 valence electrons. The highest BCUT2D eigenvalue weighted by molar-refractivity contribution is 5.15. The Hall–Kier alpha value is -0.500. The molecule has 61 heavy (non-hydrogen) atoms. The van der Waals surface area contributed by atoms with Gasteiger partial charge in [0.1, 0.15) is 0 Å². The highest BCUT2D eigenvalue weighted by Crippen LogP contribution is 2.70. The predicted molar refractivity (Wildman–Crippen MR) is 248 cm³/mol. The summed E-state index contributed by atoms with van der Waals surface area (Å²) in [6.45, 7) is 24.7. The molecule has 8 aliphatic rings. The molecule has 0 radical (unpaired) electrons. The molecule has 0 heterocycles. The molecule has 0 saturated heterocycles. The van der Waals surface area contributed by atoms with Gasteiger partial charge in [0.2, 0.25) is 0 Å². The number of allylic oxidation sites excluding steroid dienone is 1. The third kappa shape index (κ3) is 8.80. The van der Waals surface area contributed by atoms with Crippen LogP contribution in [0.2, 0.25) is 0 Å². The first-order valence-corrected chi connectivity index (χ1v) is 26.3. The second-order valence-electron chi connectivity index (χ2n) is 25.7. The van der Waals surface area contributed by atoms with Gasteiger partial charge in [0.05, 0.1) is 35.6 Å². The summed E-state index contributed by atoms with van der Waals surface area (Å²) in [7, 11) is 0. The van der Waals surface area contributed by atoms with Gasteiger partial charge in [-0.25, -0.2) is 0 Å². The Morgan fingerprint density at radius 3 is 1.38 bits per heavy atom. The maximum atomic E-state index is 11.6. The summed E-state index contributed by atoms with van der Waals surface area (Å²) in [6, 6.07) is 0. The van der Waals surface area contributed by atoms with Gasteiger partial charge in [0.25, 0.3) is 0 Å². The molecular formula is C55H96O6.